The molecule has 2 heterocycles. The van der Waals surface area contributed by atoms with Gasteiger partial charge in [0.05, 0.1) is 32.1 Å². The Hall–Kier alpha value is -3.50. The number of rotatable bonds is 8. The molecule has 0 saturated carbocycles. The van der Waals surface area contributed by atoms with Crippen LogP contribution in [-0.2, 0) is 11.3 Å². The summed E-state index contributed by atoms with van der Waals surface area (Å²) in [4.78, 5) is 12.3. The Kier molecular flexibility index (Phi) is 7.71. The van der Waals surface area contributed by atoms with Crippen LogP contribution in [0.2, 0.25) is 0 Å². The van der Waals surface area contributed by atoms with Gasteiger partial charge < -0.3 is 25.2 Å². The van der Waals surface area contributed by atoms with Gasteiger partial charge in [0.2, 0.25) is 0 Å². The maximum absolute atomic E-state index is 13.0. The zero-order chi connectivity index (χ0) is 23.9. The van der Waals surface area contributed by atoms with E-state index < -0.39 is 12.1 Å². The zero-order valence-electron chi connectivity index (χ0n) is 18.9. The third-order valence-electron chi connectivity index (χ3n) is 5.82. The van der Waals surface area contributed by atoms with Gasteiger partial charge in [-0.25, -0.2) is 9.18 Å². The number of ether oxygens (including phenoxy) is 2. The number of nitrogens with one attached hydrogen (secondary N) is 2. The van der Waals surface area contributed by atoms with Gasteiger partial charge in [0.25, 0.3) is 0 Å². The second kappa shape index (κ2) is 11.1. The van der Waals surface area contributed by atoms with Crippen molar-refractivity contribution in [3.8, 4) is 17.0 Å². The number of aromatic nitrogens is 3. The summed E-state index contributed by atoms with van der Waals surface area (Å²) in [6.45, 7) is 0.415. The molecule has 0 radical (unpaired) electrons. The van der Waals surface area contributed by atoms with E-state index in [2.05, 4.69) is 20.9 Å². The van der Waals surface area contributed by atoms with Crippen molar-refractivity contribution in [3.05, 3.63) is 60.5 Å². The number of nitrogens with zero attached hydrogens (tertiary/aromatic N) is 3. The number of anilines is 1. The molecule has 1 aliphatic heterocycles. The van der Waals surface area contributed by atoms with Crippen LogP contribution in [0.25, 0.3) is 11.3 Å². The molecule has 0 unspecified atom stereocenters. The van der Waals surface area contributed by atoms with Gasteiger partial charge in [-0.2, -0.15) is 0 Å². The van der Waals surface area contributed by atoms with Gasteiger partial charge >= 0.3 is 6.03 Å². The summed E-state index contributed by atoms with van der Waals surface area (Å²) in [6, 6.07) is 12.4. The molecule has 3 N–H and O–H groups in total. The maximum atomic E-state index is 13.0. The Balaban J connectivity index is 1.25. The Morgan fingerprint density at radius 1 is 1.21 bits per heavy atom. The minimum absolute atomic E-state index is 0.0657. The highest BCUT2D eigenvalue weighted by Gasteiger charge is 2.31. The topological polar surface area (TPSA) is 111 Å². The quantitative estimate of drug-likeness (QED) is 0.467. The molecule has 3 atom stereocenters. The molecule has 1 saturated heterocycles. The number of aliphatic hydroxyl groups is 1. The number of aliphatic hydroxyl groups excluding tert-OH is 1. The Labute approximate surface area is 196 Å². The molecular weight excluding hydrogens is 441 g/mol. The predicted molar refractivity (Wildman–Crippen MR) is 124 cm³/mol. The first-order chi connectivity index (χ1) is 16.5. The molecule has 3 aromatic rings. The van der Waals surface area contributed by atoms with Crippen molar-refractivity contribution in [1.82, 2.24) is 20.3 Å². The first-order valence-corrected chi connectivity index (χ1v) is 11.2. The third kappa shape index (κ3) is 6.09. The smallest absolute Gasteiger partial charge is 0.319 e. The van der Waals surface area contributed by atoms with Gasteiger partial charge in [-0.15, -0.1) is 5.10 Å². The fraction of sp³-hybridized carbons (Fsp3) is 0.375. The van der Waals surface area contributed by atoms with Gasteiger partial charge in [0, 0.05) is 17.8 Å². The lowest BCUT2D eigenvalue weighted by atomic mass is 9.97. The standard InChI is InChI=1S/C24H28FN5O4/c1-33-19-8-2-16(3-9-19)22-14-30(29-28-22)13-12-20-10-11-21(23(15-31)34-20)27-24(32)26-18-6-4-17(25)5-7-18/h2-9,14,20-21,23,31H,10-13,15H2,1H3,(H2,26,27,32)/t20-,21+,23-/m0/s1. The van der Waals surface area contributed by atoms with Gasteiger partial charge in [0.15, 0.2) is 0 Å². The molecule has 1 aromatic heterocycles. The van der Waals surface area contributed by atoms with Crippen LogP contribution in [0.5, 0.6) is 5.75 Å². The Bertz CT molecular complexity index is 1070. The van der Waals surface area contributed by atoms with Crippen LogP contribution in [0.1, 0.15) is 19.3 Å². The van der Waals surface area contributed by atoms with Crippen LogP contribution in [0, 0.1) is 5.82 Å². The van der Waals surface area contributed by atoms with Crippen LogP contribution in [0.3, 0.4) is 0 Å². The minimum Gasteiger partial charge on any atom is -0.497 e. The van der Waals surface area contributed by atoms with Gasteiger partial charge in [-0.05, 0) is 67.8 Å². The van der Waals surface area contributed by atoms with Gasteiger partial charge in [0.1, 0.15) is 23.4 Å². The van der Waals surface area contributed by atoms with E-state index in [4.69, 9.17) is 9.47 Å². The van der Waals surface area contributed by atoms with Crippen molar-refractivity contribution < 1.29 is 23.8 Å². The number of carbonyl (C=O) groups is 1. The minimum atomic E-state index is -0.511. The number of hydrogen-bond donors (Lipinski definition) is 3. The monoisotopic (exact) mass is 469 g/mol. The molecule has 9 nitrogen and oxygen atoms in total. The van der Waals surface area contributed by atoms with Crippen LogP contribution in [0.15, 0.2) is 54.7 Å². The molecular formula is C24H28FN5O4. The van der Waals surface area contributed by atoms with Gasteiger partial charge in [-0.3, -0.25) is 4.68 Å². The van der Waals surface area contributed by atoms with E-state index in [9.17, 15) is 14.3 Å². The van der Waals surface area contributed by atoms with Crippen LogP contribution >= 0.6 is 0 Å². The van der Waals surface area contributed by atoms with E-state index in [0.29, 0.717) is 25.1 Å². The average Bonchev–Trinajstić information content (AvgIpc) is 3.34. The summed E-state index contributed by atoms with van der Waals surface area (Å²) in [6.07, 6.45) is 3.42. The van der Waals surface area contributed by atoms with Crippen LogP contribution in [-0.4, -0.2) is 58.1 Å². The summed E-state index contributed by atoms with van der Waals surface area (Å²) >= 11 is 0. The van der Waals surface area contributed by atoms with Crippen molar-refractivity contribution in [3.63, 3.8) is 0 Å². The molecule has 34 heavy (non-hydrogen) atoms. The molecule has 2 aromatic carbocycles. The van der Waals surface area contributed by atoms with E-state index in [-0.39, 0.29) is 24.6 Å². The molecule has 2 amide bonds. The average molecular weight is 470 g/mol. The molecule has 0 spiro atoms. The van der Waals surface area contributed by atoms with Crippen molar-refractivity contribution in [1.29, 1.82) is 0 Å². The number of hydrogen-bond acceptors (Lipinski definition) is 6. The molecule has 1 aliphatic rings. The molecule has 180 valence electrons. The first kappa shape index (κ1) is 23.7. The van der Waals surface area contributed by atoms with Gasteiger partial charge in [-0.1, -0.05) is 5.21 Å². The summed E-state index contributed by atoms with van der Waals surface area (Å²) in [5.74, 6) is 0.408. The lowest BCUT2D eigenvalue weighted by Gasteiger charge is -2.36. The highest BCUT2D eigenvalue weighted by atomic mass is 19.1. The number of urea groups is 1. The molecule has 10 heteroatoms. The number of halogens is 1. The van der Waals surface area contributed by atoms with E-state index in [1.807, 2.05) is 30.5 Å². The summed E-state index contributed by atoms with van der Waals surface area (Å²) in [5, 5.41) is 23.7. The zero-order valence-corrected chi connectivity index (χ0v) is 18.9. The summed E-state index contributed by atoms with van der Waals surface area (Å²) in [5.41, 5.74) is 2.21. The van der Waals surface area contributed by atoms with Crippen molar-refractivity contribution in [2.75, 3.05) is 19.0 Å². The van der Waals surface area contributed by atoms with Crippen molar-refractivity contribution >= 4 is 11.7 Å². The molecule has 0 aliphatic carbocycles. The van der Waals surface area contributed by atoms with Crippen LogP contribution < -0.4 is 15.4 Å². The number of amides is 2. The maximum Gasteiger partial charge on any atom is 0.319 e. The largest absolute Gasteiger partial charge is 0.497 e. The fourth-order valence-electron chi connectivity index (χ4n) is 3.96. The van der Waals surface area contributed by atoms with Crippen molar-refractivity contribution in [2.45, 2.75) is 44.1 Å². The van der Waals surface area contributed by atoms with E-state index in [1.165, 1.54) is 24.3 Å². The molecule has 0 bridgehead atoms. The second-order valence-corrected chi connectivity index (χ2v) is 8.15. The second-order valence-electron chi connectivity index (χ2n) is 8.15. The molecule has 1 fully saturated rings. The summed E-state index contributed by atoms with van der Waals surface area (Å²) < 4.78 is 26.0. The lowest BCUT2D eigenvalue weighted by Crippen LogP contribution is -2.52. The van der Waals surface area contributed by atoms with E-state index in [0.717, 1.165) is 23.4 Å². The van der Waals surface area contributed by atoms with E-state index >= 15 is 0 Å². The number of benzene rings is 2. The van der Waals surface area contributed by atoms with Crippen LogP contribution in [0.4, 0.5) is 14.9 Å². The highest BCUT2D eigenvalue weighted by Crippen LogP contribution is 2.24. The third-order valence-corrected chi connectivity index (χ3v) is 5.82. The Morgan fingerprint density at radius 3 is 2.68 bits per heavy atom. The normalized spacial score (nSPS) is 20.0. The molecule has 4 rings (SSSR count). The highest BCUT2D eigenvalue weighted by molar-refractivity contribution is 5.89. The SMILES string of the molecule is COc1ccc(-c2cn(CC[C@@H]3CC[C@@H](NC(=O)Nc4ccc(F)cc4)[C@H](CO)O3)nn2)cc1. The van der Waals surface area contributed by atoms with Crippen molar-refractivity contribution in [2.24, 2.45) is 0 Å². The Morgan fingerprint density at radius 2 is 1.97 bits per heavy atom. The number of aryl methyl sites for hydroxylation is 1. The summed E-state index contributed by atoms with van der Waals surface area (Å²) in [7, 11) is 1.63. The number of methoxy groups -OCH3 is 1. The fourth-order valence-corrected chi connectivity index (χ4v) is 3.96. The number of carbonyl (C=O) groups excluding carboxylic acids is 1. The lowest BCUT2D eigenvalue weighted by molar-refractivity contribution is -0.0905. The first-order valence-electron chi connectivity index (χ1n) is 11.2. The predicted octanol–water partition coefficient (Wildman–Crippen LogP) is 3.21. The van der Waals surface area contributed by atoms with E-state index in [1.54, 1.807) is 11.8 Å².